The van der Waals surface area contributed by atoms with Gasteiger partial charge in [0, 0.05) is 42.7 Å². The van der Waals surface area contributed by atoms with Gasteiger partial charge in [0.15, 0.2) is 0 Å². The normalized spacial score (nSPS) is 15.2. The summed E-state index contributed by atoms with van der Waals surface area (Å²) in [5.41, 5.74) is 2.67. The van der Waals surface area contributed by atoms with E-state index in [1.807, 2.05) is 6.92 Å². The average Bonchev–Trinajstić information content (AvgIpc) is 3.35. The van der Waals surface area contributed by atoms with Gasteiger partial charge in [0.1, 0.15) is 17.3 Å². The van der Waals surface area contributed by atoms with Crippen LogP contribution in [-0.4, -0.2) is 46.0 Å². The number of carbonyl (C=O) groups is 2. The Hall–Kier alpha value is -4.50. The number of hydrogen-bond acceptors (Lipinski definition) is 6. The molecule has 1 saturated heterocycles. The molecule has 1 fully saturated rings. The van der Waals surface area contributed by atoms with E-state index in [0.717, 1.165) is 5.56 Å². The highest BCUT2D eigenvalue weighted by Gasteiger charge is 2.25. The van der Waals surface area contributed by atoms with Crippen LogP contribution in [0.4, 0.5) is 10.1 Å². The quantitative estimate of drug-likeness (QED) is 0.377. The molecule has 0 unspecified atom stereocenters. The summed E-state index contributed by atoms with van der Waals surface area (Å²) in [4.78, 5) is 31.1. The van der Waals surface area contributed by atoms with Crippen molar-refractivity contribution in [3.05, 3.63) is 102 Å². The zero-order valence-electron chi connectivity index (χ0n) is 21.2. The van der Waals surface area contributed by atoms with Crippen LogP contribution in [0, 0.1) is 12.7 Å². The lowest BCUT2D eigenvalue weighted by molar-refractivity contribution is -0.126. The Morgan fingerprint density at radius 1 is 1.18 bits per heavy atom. The second kappa shape index (κ2) is 11.7. The predicted octanol–water partition coefficient (Wildman–Crippen LogP) is 4.63. The maximum atomic E-state index is 14.0. The van der Waals surface area contributed by atoms with Crippen molar-refractivity contribution in [2.75, 3.05) is 18.4 Å². The number of aromatic nitrogens is 1. The first-order valence-electron chi connectivity index (χ1n) is 12.1. The highest BCUT2D eigenvalue weighted by atomic mass is 19.1. The lowest BCUT2D eigenvalue weighted by Crippen LogP contribution is -2.30. The summed E-state index contributed by atoms with van der Waals surface area (Å²) in [7, 11) is 0. The summed E-state index contributed by atoms with van der Waals surface area (Å²) in [5, 5.41) is 15.2. The molecule has 38 heavy (non-hydrogen) atoms. The van der Waals surface area contributed by atoms with E-state index in [0.29, 0.717) is 53.5 Å². The van der Waals surface area contributed by atoms with Gasteiger partial charge in [0.25, 0.3) is 11.8 Å². The van der Waals surface area contributed by atoms with Gasteiger partial charge in [-0.2, -0.15) is 0 Å². The summed E-state index contributed by atoms with van der Waals surface area (Å²) >= 11 is 0. The van der Waals surface area contributed by atoms with E-state index in [9.17, 15) is 19.1 Å². The second-order valence-corrected chi connectivity index (χ2v) is 9.09. The van der Waals surface area contributed by atoms with Crippen LogP contribution in [0.2, 0.25) is 0 Å². The van der Waals surface area contributed by atoms with Gasteiger partial charge in [-0.3, -0.25) is 14.6 Å². The predicted molar refractivity (Wildman–Crippen MR) is 143 cm³/mol. The maximum Gasteiger partial charge on any atom is 0.255 e. The van der Waals surface area contributed by atoms with Crippen molar-refractivity contribution in [1.82, 2.24) is 15.2 Å². The number of aryl methyl sites for hydroxylation is 1. The van der Waals surface area contributed by atoms with E-state index < -0.39 is 17.8 Å². The Bertz CT molecular complexity index is 1400. The Labute approximate surface area is 220 Å². The number of benzene rings is 2. The van der Waals surface area contributed by atoms with Crippen LogP contribution in [0.3, 0.4) is 0 Å². The molecule has 3 N–H and O–H groups in total. The molecule has 196 valence electrons. The minimum Gasteiger partial charge on any atom is -0.457 e. The fourth-order valence-electron chi connectivity index (χ4n) is 3.91. The number of pyridine rings is 1. The summed E-state index contributed by atoms with van der Waals surface area (Å²) in [6.07, 6.45) is 3.22. The van der Waals surface area contributed by atoms with Crippen molar-refractivity contribution in [3.63, 3.8) is 0 Å². The smallest absolute Gasteiger partial charge is 0.255 e. The third-order valence-corrected chi connectivity index (χ3v) is 5.99. The molecule has 2 heterocycles. The van der Waals surface area contributed by atoms with Gasteiger partial charge in [0.2, 0.25) is 0 Å². The van der Waals surface area contributed by atoms with Crippen LogP contribution < -0.4 is 15.4 Å². The van der Waals surface area contributed by atoms with Crippen molar-refractivity contribution in [1.29, 1.82) is 0 Å². The van der Waals surface area contributed by atoms with Crippen LogP contribution in [0.1, 0.15) is 35.0 Å². The Kier molecular flexibility index (Phi) is 8.18. The summed E-state index contributed by atoms with van der Waals surface area (Å²) in [6.45, 7) is 8.34. The molecule has 0 aliphatic carbocycles. The Morgan fingerprint density at radius 3 is 2.74 bits per heavy atom. The molecule has 0 bridgehead atoms. The van der Waals surface area contributed by atoms with Gasteiger partial charge >= 0.3 is 0 Å². The number of likely N-dealkylation sites (tertiary alicyclic amines) is 1. The number of aliphatic hydroxyl groups is 1. The highest BCUT2D eigenvalue weighted by Crippen LogP contribution is 2.25. The highest BCUT2D eigenvalue weighted by molar-refractivity contribution is 6.04. The molecular weight excluding hydrogens is 487 g/mol. The number of halogens is 1. The van der Waals surface area contributed by atoms with Gasteiger partial charge in [-0.25, -0.2) is 4.39 Å². The molecule has 9 heteroatoms. The van der Waals surface area contributed by atoms with Crippen LogP contribution in [0.25, 0.3) is 5.70 Å². The van der Waals surface area contributed by atoms with E-state index >= 15 is 0 Å². The molecule has 1 atom stereocenters. The third kappa shape index (κ3) is 6.63. The lowest BCUT2D eigenvalue weighted by Gasteiger charge is -2.16. The van der Waals surface area contributed by atoms with Crippen molar-refractivity contribution in [2.45, 2.75) is 26.4 Å². The number of amides is 2. The first kappa shape index (κ1) is 26.6. The molecule has 2 aromatic carbocycles. The van der Waals surface area contributed by atoms with E-state index in [-0.39, 0.29) is 11.6 Å². The van der Waals surface area contributed by atoms with Crippen LogP contribution >= 0.6 is 0 Å². The van der Waals surface area contributed by atoms with E-state index in [2.05, 4.69) is 22.2 Å². The molecule has 4 rings (SSSR count). The van der Waals surface area contributed by atoms with Gasteiger partial charge in [0.05, 0.1) is 23.2 Å². The van der Waals surface area contributed by atoms with Gasteiger partial charge in [-0.1, -0.05) is 18.7 Å². The van der Waals surface area contributed by atoms with Crippen LogP contribution in [-0.2, 0) is 4.79 Å². The topological polar surface area (TPSA) is 104 Å². The van der Waals surface area contributed by atoms with E-state index in [4.69, 9.17) is 4.74 Å². The molecule has 8 nitrogen and oxygen atoms in total. The molecule has 3 aromatic rings. The molecule has 1 aliphatic heterocycles. The minimum absolute atomic E-state index is 0.107. The number of nitrogens with zero attached hydrogens (tertiary/aromatic N) is 2. The zero-order chi connectivity index (χ0) is 27.2. The molecule has 0 radical (unpaired) electrons. The molecule has 0 saturated carbocycles. The second-order valence-electron chi connectivity index (χ2n) is 9.09. The SMILES string of the molecule is C=C(N/C=C(\C)C(=O)N1CC[C@H](O)C1)c1cc(Oc2cccc(C(=O)Nc3cc(C)ccc3F)c2)ccn1. The van der Waals surface area contributed by atoms with Crippen LogP contribution in [0.15, 0.2) is 79.1 Å². The number of β-amino-alcohol motifs (C(OH)–C–C–N with tert-alkyl or cyclic N) is 1. The first-order valence-corrected chi connectivity index (χ1v) is 12.1. The average molecular weight is 517 g/mol. The summed E-state index contributed by atoms with van der Waals surface area (Å²) in [6, 6.07) is 14.4. The number of nitrogens with one attached hydrogen (secondary N) is 2. The van der Waals surface area contributed by atoms with Crippen molar-refractivity contribution < 1.29 is 23.8 Å². The summed E-state index contributed by atoms with van der Waals surface area (Å²) in [5.74, 6) is -0.261. The molecule has 1 aliphatic rings. The van der Waals surface area contributed by atoms with E-state index in [1.165, 1.54) is 6.07 Å². The fourth-order valence-corrected chi connectivity index (χ4v) is 3.91. The standard InChI is InChI=1S/C29H29FN4O4/c1-18-7-8-25(30)27(13-18)33-28(36)21-5-4-6-23(14-21)38-24-9-11-31-26(15-24)20(3)32-16-19(2)29(37)34-12-10-22(35)17-34/h4-9,11,13-16,22,32,35H,3,10,12,17H2,1-2H3,(H,33,36)/b19-16+/t22-/m0/s1. The zero-order valence-corrected chi connectivity index (χ0v) is 21.2. The minimum atomic E-state index is -0.515. The molecule has 2 amide bonds. The third-order valence-electron chi connectivity index (χ3n) is 5.99. The number of aliphatic hydroxyl groups excluding tert-OH is 1. The van der Waals surface area contributed by atoms with Gasteiger partial charge < -0.3 is 25.4 Å². The maximum absolute atomic E-state index is 14.0. The van der Waals surface area contributed by atoms with Crippen molar-refractivity contribution >= 4 is 23.2 Å². The largest absolute Gasteiger partial charge is 0.457 e. The summed E-state index contributed by atoms with van der Waals surface area (Å²) < 4.78 is 20.0. The molecule has 0 spiro atoms. The number of anilines is 1. The monoisotopic (exact) mass is 516 g/mol. The number of rotatable bonds is 8. The molecular formula is C29H29FN4O4. The Morgan fingerprint density at radius 2 is 1.97 bits per heavy atom. The van der Waals surface area contributed by atoms with Crippen molar-refractivity contribution in [2.24, 2.45) is 0 Å². The number of ether oxygens (including phenoxy) is 1. The lowest BCUT2D eigenvalue weighted by atomic mass is 10.1. The Balaban J connectivity index is 1.40. The van der Waals surface area contributed by atoms with Gasteiger partial charge in [-0.05, 0) is 62.2 Å². The number of hydrogen-bond donors (Lipinski definition) is 3. The molecule has 1 aromatic heterocycles. The van der Waals surface area contributed by atoms with Gasteiger partial charge in [-0.15, -0.1) is 0 Å². The van der Waals surface area contributed by atoms with E-state index in [1.54, 1.807) is 72.8 Å². The van der Waals surface area contributed by atoms with Crippen LogP contribution in [0.5, 0.6) is 11.5 Å². The fraction of sp³-hybridized carbons (Fsp3) is 0.207. The van der Waals surface area contributed by atoms with Crippen molar-refractivity contribution in [3.8, 4) is 11.5 Å². The number of carbonyl (C=O) groups excluding carboxylic acids is 2. The first-order chi connectivity index (χ1) is 18.2.